The van der Waals surface area contributed by atoms with Gasteiger partial charge in [-0.25, -0.2) is 4.39 Å². The summed E-state index contributed by atoms with van der Waals surface area (Å²) in [5, 5.41) is 22.4. The summed E-state index contributed by atoms with van der Waals surface area (Å²) in [7, 11) is 0. The van der Waals surface area contributed by atoms with Crippen molar-refractivity contribution in [3.63, 3.8) is 0 Å². The number of phenols is 1. The molecule has 2 aromatic rings. The van der Waals surface area contributed by atoms with Crippen LogP contribution in [0.15, 0.2) is 36.4 Å². The topological polar surface area (TPSA) is 92.5 Å². The summed E-state index contributed by atoms with van der Waals surface area (Å²) < 4.78 is 13.8. The van der Waals surface area contributed by atoms with Crippen LogP contribution in [0.4, 0.5) is 15.8 Å². The number of nitro groups is 1. The average molecular weight is 290 g/mol. The molecule has 2 aromatic carbocycles. The molecule has 0 aliphatic heterocycles. The molecule has 0 unspecified atom stereocenters. The summed E-state index contributed by atoms with van der Waals surface area (Å²) in [6.45, 7) is 1.51. The Morgan fingerprint density at radius 2 is 2.05 bits per heavy atom. The van der Waals surface area contributed by atoms with E-state index in [2.05, 4.69) is 5.32 Å². The van der Waals surface area contributed by atoms with Crippen molar-refractivity contribution in [3.8, 4) is 5.75 Å². The highest BCUT2D eigenvalue weighted by Gasteiger charge is 2.19. The molecule has 0 aromatic heterocycles. The van der Waals surface area contributed by atoms with Gasteiger partial charge < -0.3 is 10.4 Å². The van der Waals surface area contributed by atoms with Crippen molar-refractivity contribution in [3.05, 3.63) is 63.5 Å². The molecule has 0 spiro atoms. The zero-order valence-electron chi connectivity index (χ0n) is 11.0. The minimum absolute atomic E-state index is 0.122. The van der Waals surface area contributed by atoms with Crippen LogP contribution in [0.2, 0.25) is 0 Å². The molecular formula is C14H11FN2O4. The van der Waals surface area contributed by atoms with Gasteiger partial charge in [-0.15, -0.1) is 0 Å². The molecule has 0 aliphatic carbocycles. The van der Waals surface area contributed by atoms with Crippen molar-refractivity contribution in [2.75, 3.05) is 5.32 Å². The van der Waals surface area contributed by atoms with E-state index < -0.39 is 22.3 Å². The summed E-state index contributed by atoms with van der Waals surface area (Å²) in [6, 6.07) is 7.58. The van der Waals surface area contributed by atoms with E-state index in [4.69, 9.17) is 0 Å². The van der Waals surface area contributed by atoms with E-state index in [0.29, 0.717) is 5.56 Å². The van der Waals surface area contributed by atoms with Gasteiger partial charge >= 0.3 is 0 Å². The lowest BCUT2D eigenvalue weighted by Gasteiger charge is -2.08. The van der Waals surface area contributed by atoms with Crippen molar-refractivity contribution >= 4 is 17.3 Å². The quantitative estimate of drug-likeness (QED) is 0.516. The van der Waals surface area contributed by atoms with Gasteiger partial charge in [0.05, 0.1) is 16.6 Å². The molecule has 0 aliphatic rings. The van der Waals surface area contributed by atoms with Crippen molar-refractivity contribution in [1.29, 1.82) is 0 Å². The number of hydrogen-bond acceptors (Lipinski definition) is 4. The van der Waals surface area contributed by atoms with Crippen molar-refractivity contribution in [2.45, 2.75) is 6.92 Å². The summed E-state index contributed by atoms with van der Waals surface area (Å²) in [4.78, 5) is 22.1. The lowest BCUT2D eigenvalue weighted by Crippen LogP contribution is -2.15. The lowest BCUT2D eigenvalue weighted by atomic mass is 10.1. The highest BCUT2D eigenvalue weighted by Crippen LogP contribution is 2.29. The first kappa shape index (κ1) is 14.4. The molecule has 0 bridgehead atoms. The Hall–Kier alpha value is -2.96. The van der Waals surface area contributed by atoms with Gasteiger partial charge in [0.2, 0.25) is 0 Å². The zero-order chi connectivity index (χ0) is 15.6. The van der Waals surface area contributed by atoms with Crippen LogP contribution in [0, 0.1) is 22.9 Å². The van der Waals surface area contributed by atoms with Crippen molar-refractivity contribution in [1.82, 2.24) is 0 Å². The first-order chi connectivity index (χ1) is 9.90. The number of halogens is 1. The van der Waals surface area contributed by atoms with Crippen LogP contribution < -0.4 is 5.32 Å². The van der Waals surface area contributed by atoms with Crippen LogP contribution in [0.1, 0.15) is 15.9 Å². The summed E-state index contributed by atoms with van der Waals surface area (Å²) in [6.07, 6.45) is 0. The van der Waals surface area contributed by atoms with Gasteiger partial charge in [-0.2, -0.15) is 0 Å². The van der Waals surface area contributed by atoms with Gasteiger partial charge in [0.15, 0.2) is 0 Å². The first-order valence-electron chi connectivity index (χ1n) is 5.94. The zero-order valence-corrected chi connectivity index (χ0v) is 11.0. The Kier molecular flexibility index (Phi) is 3.84. The van der Waals surface area contributed by atoms with Crippen LogP contribution >= 0.6 is 0 Å². The van der Waals surface area contributed by atoms with Crippen LogP contribution in [-0.4, -0.2) is 15.9 Å². The number of hydrogen-bond donors (Lipinski definition) is 2. The van der Waals surface area contributed by atoms with E-state index in [1.165, 1.54) is 37.3 Å². The number of rotatable bonds is 3. The molecule has 0 saturated carbocycles. The second kappa shape index (κ2) is 5.58. The lowest BCUT2D eigenvalue weighted by molar-refractivity contribution is -0.384. The predicted molar refractivity (Wildman–Crippen MR) is 73.9 cm³/mol. The monoisotopic (exact) mass is 290 g/mol. The minimum Gasteiger partial charge on any atom is -0.508 e. The maximum absolute atomic E-state index is 13.8. The third kappa shape index (κ3) is 2.97. The van der Waals surface area contributed by atoms with E-state index in [9.17, 15) is 24.4 Å². The fourth-order valence-electron chi connectivity index (χ4n) is 1.79. The average Bonchev–Trinajstić information content (AvgIpc) is 2.43. The fourth-order valence-corrected chi connectivity index (χ4v) is 1.79. The number of nitrogens with zero attached hydrogens (tertiary/aromatic N) is 1. The molecule has 2 rings (SSSR count). The van der Waals surface area contributed by atoms with Crippen LogP contribution in [0.3, 0.4) is 0 Å². The first-order valence-corrected chi connectivity index (χ1v) is 5.94. The molecule has 0 heterocycles. The summed E-state index contributed by atoms with van der Waals surface area (Å²) >= 11 is 0. The number of nitro benzene ring substituents is 1. The Balaban J connectivity index is 2.36. The molecule has 21 heavy (non-hydrogen) atoms. The second-order valence-electron chi connectivity index (χ2n) is 4.35. The number of anilines is 1. The minimum atomic E-state index is -0.801. The smallest absolute Gasteiger partial charge is 0.296 e. The van der Waals surface area contributed by atoms with Gasteiger partial charge in [-0.3, -0.25) is 14.9 Å². The number of amides is 1. The highest BCUT2D eigenvalue weighted by molar-refractivity contribution is 6.05. The Bertz CT molecular complexity index is 731. The van der Waals surface area contributed by atoms with Gasteiger partial charge in [-0.1, -0.05) is 12.1 Å². The van der Waals surface area contributed by atoms with Gasteiger partial charge in [-0.05, 0) is 30.7 Å². The highest BCUT2D eigenvalue weighted by atomic mass is 19.1. The van der Waals surface area contributed by atoms with E-state index in [1.54, 1.807) is 0 Å². The van der Waals surface area contributed by atoms with Gasteiger partial charge in [0, 0.05) is 0 Å². The second-order valence-corrected chi connectivity index (χ2v) is 4.35. The Morgan fingerprint density at radius 1 is 1.33 bits per heavy atom. The molecule has 0 atom stereocenters. The van der Waals surface area contributed by atoms with Crippen LogP contribution in [0.25, 0.3) is 0 Å². The largest absolute Gasteiger partial charge is 0.508 e. The normalized spacial score (nSPS) is 10.2. The number of phenolic OH excluding ortho intramolecular Hbond substituents is 1. The molecular weight excluding hydrogens is 279 g/mol. The summed E-state index contributed by atoms with van der Waals surface area (Å²) in [5.41, 5.74) is -0.514. The SMILES string of the molecule is Cc1cccc(C(=O)Nc2ccc(O)cc2[N+](=O)[O-])c1F. The molecule has 0 fully saturated rings. The predicted octanol–water partition coefficient (Wildman–Crippen LogP) is 3.00. The van der Waals surface area contributed by atoms with Gasteiger partial charge in [0.25, 0.3) is 11.6 Å². The molecule has 1 amide bonds. The fraction of sp³-hybridized carbons (Fsp3) is 0.0714. The van der Waals surface area contributed by atoms with Gasteiger partial charge in [0.1, 0.15) is 17.3 Å². The standard InChI is InChI=1S/C14H11FN2O4/c1-8-3-2-4-10(13(8)15)14(19)16-11-6-5-9(18)7-12(11)17(20)21/h2-7,18H,1H3,(H,16,19). The molecule has 0 radical (unpaired) electrons. The molecule has 2 N–H and O–H groups in total. The maximum Gasteiger partial charge on any atom is 0.296 e. The summed E-state index contributed by atoms with van der Waals surface area (Å²) in [5.74, 6) is -1.79. The maximum atomic E-state index is 13.8. The third-order valence-corrected chi connectivity index (χ3v) is 2.86. The van der Waals surface area contributed by atoms with E-state index in [1.807, 2.05) is 0 Å². The number of carbonyl (C=O) groups excluding carboxylic acids is 1. The number of aromatic hydroxyl groups is 1. The number of carbonyl (C=O) groups is 1. The van der Waals surface area contributed by atoms with E-state index >= 15 is 0 Å². The Morgan fingerprint density at radius 3 is 2.71 bits per heavy atom. The molecule has 108 valence electrons. The third-order valence-electron chi connectivity index (χ3n) is 2.86. The molecule has 0 saturated heterocycles. The Labute approximate surface area is 119 Å². The van der Waals surface area contributed by atoms with E-state index in [0.717, 1.165) is 6.07 Å². The van der Waals surface area contributed by atoms with Crippen LogP contribution in [0.5, 0.6) is 5.75 Å². The number of benzene rings is 2. The number of nitrogens with one attached hydrogen (secondary N) is 1. The van der Waals surface area contributed by atoms with Crippen molar-refractivity contribution < 1.29 is 19.2 Å². The van der Waals surface area contributed by atoms with Crippen molar-refractivity contribution in [2.24, 2.45) is 0 Å². The van der Waals surface area contributed by atoms with E-state index in [-0.39, 0.29) is 17.0 Å². The number of aryl methyl sites for hydroxylation is 1. The molecule has 6 nitrogen and oxygen atoms in total. The molecule has 7 heteroatoms. The van der Waals surface area contributed by atoms with Crippen LogP contribution in [-0.2, 0) is 0 Å².